The highest BCUT2D eigenvalue weighted by atomic mass is 79.9. The second kappa shape index (κ2) is 8.33. The van der Waals surface area contributed by atoms with Crippen LogP contribution in [0.3, 0.4) is 0 Å². The van der Waals surface area contributed by atoms with Gasteiger partial charge >= 0.3 is 0 Å². The van der Waals surface area contributed by atoms with Gasteiger partial charge in [-0.25, -0.2) is 0 Å². The van der Waals surface area contributed by atoms with E-state index in [0.29, 0.717) is 12.5 Å². The fourth-order valence-corrected chi connectivity index (χ4v) is 1.96. The van der Waals surface area contributed by atoms with Crippen LogP contribution in [0.2, 0.25) is 0 Å². The first-order chi connectivity index (χ1) is 8.97. The van der Waals surface area contributed by atoms with Gasteiger partial charge in [-0.15, -0.1) is 0 Å². The Morgan fingerprint density at radius 1 is 1.21 bits per heavy atom. The van der Waals surface area contributed by atoms with Crippen molar-refractivity contribution in [3.8, 4) is 0 Å². The topological polar surface area (TPSA) is 41.1 Å². The average molecular weight is 327 g/mol. The van der Waals surface area contributed by atoms with Crippen molar-refractivity contribution in [3.05, 3.63) is 34.3 Å². The first kappa shape index (κ1) is 16.2. The van der Waals surface area contributed by atoms with Crippen molar-refractivity contribution >= 4 is 21.8 Å². The van der Waals surface area contributed by atoms with Crippen LogP contribution >= 0.6 is 15.9 Å². The highest BCUT2D eigenvalue weighted by Gasteiger charge is 2.06. The van der Waals surface area contributed by atoms with Crippen LogP contribution in [-0.4, -0.2) is 25.0 Å². The molecule has 1 unspecified atom stereocenters. The van der Waals surface area contributed by atoms with Gasteiger partial charge in [-0.05, 0) is 37.0 Å². The Labute approximate surface area is 124 Å². The van der Waals surface area contributed by atoms with Gasteiger partial charge in [-0.1, -0.05) is 41.9 Å². The maximum atomic E-state index is 11.6. The lowest BCUT2D eigenvalue weighted by molar-refractivity contribution is -0.120. The zero-order chi connectivity index (χ0) is 14.3. The van der Waals surface area contributed by atoms with E-state index in [1.165, 1.54) is 5.56 Å². The largest absolute Gasteiger partial charge is 0.355 e. The predicted molar refractivity (Wildman–Crippen MR) is 83.2 cm³/mol. The number of hydrogen-bond donors (Lipinski definition) is 2. The SMILES string of the molecule is CC(C)CNC(=O)CNC(C)Cc1ccc(Br)cc1. The molecule has 0 fully saturated rings. The standard InChI is InChI=1S/C15H23BrN2O/c1-11(2)9-18-15(19)10-17-12(3)8-13-4-6-14(16)7-5-13/h4-7,11-12,17H,8-10H2,1-3H3,(H,18,19). The van der Waals surface area contributed by atoms with Crippen LogP contribution in [-0.2, 0) is 11.2 Å². The molecule has 1 aromatic rings. The molecular formula is C15H23BrN2O. The summed E-state index contributed by atoms with van der Waals surface area (Å²) >= 11 is 3.42. The Balaban J connectivity index is 2.25. The number of carbonyl (C=O) groups excluding carboxylic acids is 1. The Kier molecular flexibility index (Phi) is 7.10. The molecule has 0 saturated carbocycles. The average Bonchev–Trinajstić information content (AvgIpc) is 2.36. The molecule has 1 atom stereocenters. The molecule has 0 heterocycles. The number of benzene rings is 1. The van der Waals surface area contributed by atoms with Crippen molar-refractivity contribution in [1.29, 1.82) is 0 Å². The molecule has 0 aliphatic heterocycles. The normalized spacial score (nSPS) is 12.5. The molecule has 1 amide bonds. The van der Waals surface area contributed by atoms with Crippen LogP contribution < -0.4 is 10.6 Å². The Morgan fingerprint density at radius 2 is 1.84 bits per heavy atom. The summed E-state index contributed by atoms with van der Waals surface area (Å²) in [5.74, 6) is 0.556. The Morgan fingerprint density at radius 3 is 2.42 bits per heavy atom. The van der Waals surface area contributed by atoms with E-state index in [-0.39, 0.29) is 11.9 Å². The second-order valence-electron chi connectivity index (χ2n) is 5.31. The lowest BCUT2D eigenvalue weighted by Gasteiger charge is -2.14. The zero-order valence-electron chi connectivity index (χ0n) is 11.9. The summed E-state index contributed by atoms with van der Waals surface area (Å²) in [6.45, 7) is 7.39. The van der Waals surface area contributed by atoms with E-state index < -0.39 is 0 Å². The summed E-state index contributed by atoms with van der Waals surface area (Å²) in [5, 5.41) is 6.15. The number of carbonyl (C=O) groups is 1. The van der Waals surface area contributed by atoms with Crippen LogP contribution in [0.4, 0.5) is 0 Å². The summed E-state index contributed by atoms with van der Waals surface area (Å²) in [6.07, 6.45) is 0.921. The monoisotopic (exact) mass is 326 g/mol. The molecule has 1 rings (SSSR count). The molecule has 0 aliphatic rings. The Hall–Kier alpha value is -0.870. The van der Waals surface area contributed by atoms with E-state index in [1.807, 2.05) is 12.1 Å². The summed E-state index contributed by atoms with van der Waals surface area (Å²) in [7, 11) is 0. The number of amides is 1. The minimum atomic E-state index is 0.0661. The lowest BCUT2D eigenvalue weighted by atomic mass is 10.1. The molecule has 0 saturated heterocycles. The van der Waals surface area contributed by atoms with Crippen molar-refractivity contribution in [2.75, 3.05) is 13.1 Å². The quantitative estimate of drug-likeness (QED) is 0.808. The summed E-state index contributed by atoms with van der Waals surface area (Å²) in [5.41, 5.74) is 1.27. The van der Waals surface area contributed by atoms with E-state index in [2.05, 4.69) is 59.5 Å². The third-order valence-corrected chi connectivity index (χ3v) is 3.30. The van der Waals surface area contributed by atoms with Gasteiger partial charge in [0.2, 0.25) is 5.91 Å². The van der Waals surface area contributed by atoms with Gasteiger partial charge < -0.3 is 10.6 Å². The first-order valence-electron chi connectivity index (χ1n) is 6.72. The molecule has 2 N–H and O–H groups in total. The van der Waals surface area contributed by atoms with E-state index >= 15 is 0 Å². The molecule has 0 aromatic heterocycles. The smallest absolute Gasteiger partial charge is 0.233 e. The molecular weight excluding hydrogens is 304 g/mol. The van der Waals surface area contributed by atoms with Gasteiger partial charge in [0, 0.05) is 17.1 Å². The zero-order valence-corrected chi connectivity index (χ0v) is 13.5. The van der Waals surface area contributed by atoms with Crippen LogP contribution in [0.25, 0.3) is 0 Å². The maximum Gasteiger partial charge on any atom is 0.233 e. The summed E-state index contributed by atoms with van der Waals surface area (Å²) < 4.78 is 1.09. The van der Waals surface area contributed by atoms with Crippen molar-refractivity contribution in [1.82, 2.24) is 10.6 Å². The van der Waals surface area contributed by atoms with Crippen LogP contribution in [0.5, 0.6) is 0 Å². The molecule has 1 aromatic carbocycles. The first-order valence-corrected chi connectivity index (χ1v) is 7.51. The van der Waals surface area contributed by atoms with Crippen LogP contribution in [0.1, 0.15) is 26.3 Å². The molecule has 0 bridgehead atoms. The predicted octanol–water partition coefficient (Wildman–Crippen LogP) is 2.74. The summed E-state index contributed by atoms with van der Waals surface area (Å²) in [6, 6.07) is 8.56. The van der Waals surface area contributed by atoms with Crippen molar-refractivity contribution < 1.29 is 4.79 Å². The lowest BCUT2D eigenvalue weighted by Crippen LogP contribution is -2.39. The van der Waals surface area contributed by atoms with Gasteiger partial charge in [-0.3, -0.25) is 4.79 Å². The van der Waals surface area contributed by atoms with Gasteiger partial charge in [0.25, 0.3) is 0 Å². The van der Waals surface area contributed by atoms with E-state index in [9.17, 15) is 4.79 Å². The van der Waals surface area contributed by atoms with E-state index in [0.717, 1.165) is 17.4 Å². The molecule has 0 spiro atoms. The minimum absolute atomic E-state index is 0.0661. The Bertz CT molecular complexity index is 390. The van der Waals surface area contributed by atoms with Crippen LogP contribution in [0, 0.1) is 5.92 Å². The molecule has 0 radical (unpaired) electrons. The van der Waals surface area contributed by atoms with Gasteiger partial charge in [0.05, 0.1) is 6.54 Å². The third-order valence-electron chi connectivity index (χ3n) is 2.77. The number of nitrogens with one attached hydrogen (secondary N) is 2. The summed E-state index contributed by atoms with van der Waals surface area (Å²) in [4.78, 5) is 11.6. The number of hydrogen-bond acceptors (Lipinski definition) is 2. The second-order valence-corrected chi connectivity index (χ2v) is 6.23. The van der Waals surface area contributed by atoms with Crippen molar-refractivity contribution in [2.24, 2.45) is 5.92 Å². The third kappa shape index (κ3) is 7.33. The van der Waals surface area contributed by atoms with Gasteiger partial charge in [0.1, 0.15) is 0 Å². The number of halogens is 1. The van der Waals surface area contributed by atoms with Crippen molar-refractivity contribution in [3.63, 3.8) is 0 Å². The molecule has 3 nitrogen and oxygen atoms in total. The fraction of sp³-hybridized carbons (Fsp3) is 0.533. The van der Waals surface area contributed by atoms with Crippen molar-refractivity contribution in [2.45, 2.75) is 33.2 Å². The molecule has 4 heteroatoms. The van der Waals surface area contributed by atoms with E-state index in [4.69, 9.17) is 0 Å². The fourth-order valence-electron chi connectivity index (χ4n) is 1.69. The highest BCUT2D eigenvalue weighted by Crippen LogP contribution is 2.11. The van der Waals surface area contributed by atoms with E-state index in [1.54, 1.807) is 0 Å². The maximum absolute atomic E-state index is 11.6. The highest BCUT2D eigenvalue weighted by molar-refractivity contribution is 9.10. The molecule has 19 heavy (non-hydrogen) atoms. The number of rotatable bonds is 7. The van der Waals surface area contributed by atoms with Gasteiger partial charge in [-0.2, -0.15) is 0 Å². The van der Waals surface area contributed by atoms with Gasteiger partial charge in [0.15, 0.2) is 0 Å². The van der Waals surface area contributed by atoms with Crippen LogP contribution in [0.15, 0.2) is 28.7 Å². The minimum Gasteiger partial charge on any atom is -0.355 e. The molecule has 0 aliphatic carbocycles. The molecule has 106 valence electrons.